The van der Waals surface area contributed by atoms with Gasteiger partial charge in [-0.05, 0) is 42.3 Å². The molecule has 80 valence electrons. The molecule has 0 amide bonds. The Morgan fingerprint density at radius 3 is 2.81 bits per heavy atom. The second-order valence-electron chi connectivity index (χ2n) is 3.56. The third-order valence-electron chi connectivity index (χ3n) is 2.34. The SMILES string of the molecule is Cc1ccc2nnc(-c3ccc(Cl)o3)n2c1. The Balaban J connectivity index is 2.27. The van der Waals surface area contributed by atoms with Gasteiger partial charge in [-0.15, -0.1) is 10.2 Å². The molecule has 0 spiro atoms. The van der Waals surface area contributed by atoms with E-state index < -0.39 is 0 Å². The van der Waals surface area contributed by atoms with Crippen LogP contribution in [0.1, 0.15) is 5.56 Å². The number of hydrogen-bond donors (Lipinski definition) is 0. The number of fused-ring (bicyclic) bond motifs is 1. The first kappa shape index (κ1) is 9.42. The maximum absolute atomic E-state index is 5.74. The van der Waals surface area contributed by atoms with Crippen LogP contribution in [-0.2, 0) is 0 Å². The number of hydrogen-bond acceptors (Lipinski definition) is 3. The standard InChI is InChI=1S/C11H8ClN3O/c1-7-2-5-10-13-14-11(15(10)6-7)8-3-4-9(12)16-8/h2-6H,1H3. The minimum atomic E-state index is 0.347. The minimum absolute atomic E-state index is 0.347. The number of pyridine rings is 1. The minimum Gasteiger partial charge on any atom is -0.441 e. The molecule has 0 fully saturated rings. The molecule has 0 atom stereocenters. The zero-order valence-electron chi connectivity index (χ0n) is 8.51. The quantitative estimate of drug-likeness (QED) is 0.649. The van der Waals surface area contributed by atoms with E-state index in [1.54, 1.807) is 12.1 Å². The summed E-state index contributed by atoms with van der Waals surface area (Å²) in [4.78, 5) is 0. The second-order valence-corrected chi connectivity index (χ2v) is 3.93. The molecule has 3 aromatic rings. The van der Waals surface area contributed by atoms with Crippen molar-refractivity contribution in [3.8, 4) is 11.6 Å². The van der Waals surface area contributed by atoms with E-state index in [1.807, 2.05) is 29.7 Å². The van der Waals surface area contributed by atoms with Gasteiger partial charge in [0.1, 0.15) is 0 Å². The van der Waals surface area contributed by atoms with Crippen LogP contribution in [0.5, 0.6) is 0 Å². The number of aryl methyl sites for hydroxylation is 1. The second kappa shape index (κ2) is 3.35. The summed E-state index contributed by atoms with van der Waals surface area (Å²) in [7, 11) is 0. The first-order chi connectivity index (χ1) is 7.74. The van der Waals surface area contributed by atoms with Crippen LogP contribution < -0.4 is 0 Å². The lowest BCUT2D eigenvalue weighted by molar-refractivity contribution is 0.578. The number of rotatable bonds is 1. The lowest BCUT2D eigenvalue weighted by atomic mass is 10.3. The molecule has 0 aliphatic rings. The van der Waals surface area contributed by atoms with Crippen LogP contribution >= 0.6 is 11.6 Å². The summed E-state index contributed by atoms with van der Waals surface area (Å²) in [6.07, 6.45) is 1.96. The van der Waals surface area contributed by atoms with Crippen molar-refractivity contribution in [3.05, 3.63) is 41.2 Å². The van der Waals surface area contributed by atoms with Crippen LogP contribution in [0.25, 0.3) is 17.2 Å². The molecule has 0 saturated heterocycles. The van der Waals surface area contributed by atoms with Crippen molar-refractivity contribution < 1.29 is 4.42 Å². The van der Waals surface area contributed by atoms with Crippen molar-refractivity contribution in [2.45, 2.75) is 6.92 Å². The predicted octanol–water partition coefficient (Wildman–Crippen LogP) is 2.95. The van der Waals surface area contributed by atoms with E-state index in [1.165, 1.54) is 0 Å². The van der Waals surface area contributed by atoms with Gasteiger partial charge in [0.05, 0.1) is 0 Å². The summed E-state index contributed by atoms with van der Waals surface area (Å²) < 4.78 is 7.20. The highest BCUT2D eigenvalue weighted by Gasteiger charge is 2.11. The van der Waals surface area contributed by atoms with Crippen LogP contribution in [0, 0.1) is 6.92 Å². The van der Waals surface area contributed by atoms with Gasteiger partial charge in [0.25, 0.3) is 0 Å². The lowest BCUT2D eigenvalue weighted by Gasteiger charge is -1.97. The van der Waals surface area contributed by atoms with Crippen LogP contribution in [0.4, 0.5) is 0 Å². The fraction of sp³-hybridized carbons (Fsp3) is 0.0909. The highest BCUT2D eigenvalue weighted by atomic mass is 35.5. The third-order valence-corrected chi connectivity index (χ3v) is 2.55. The Hall–Kier alpha value is -1.81. The normalized spacial score (nSPS) is 11.1. The molecule has 0 aromatic carbocycles. The summed E-state index contributed by atoms with van der Waals surface area (Å²) >= 11 is 5.74. The first-order valence-electron chi connectivity index (χ1n) is 4.81. The van der Waals surface area contributed by atoms with Gasteiger partial charge in [-0.3, -0.25) is 4.40 Å². The highest BCUT2D eigenvalue weighted by molar-refractivity contribution is 6.28. The molecule has 0 bridgehead atoms. The molecule has 0 radical (unpaired) electrons. The van der Waals surface area contributed by atoms with Gasteiger partial charge in [-0.2, -0.15) is 0 Å². The van der Waals surface area contributed by atoms with Gasteiger partial charge >= 0.3 is 0 Å². The molecule has 3 rings (SSSR count). The topological polar surface area (TPSA) is 43.3 Å². The fourth-order valence-electron chi connectivity index (χ4n) is 1.60. The Kier molecular flexibility index (Phi) is 1.97. The highest BCUT2D eigenvalue weighted by Crippen LogP contribution is 2.23. The predicted molar refractivity (Wildman–Crippen MR) is 60.4 cm³/mol. The van der Waals surface area contributed by atoms with Crippen LogP contribution in [0.3, 0.4) is 0 Å². The van der Waals surface area contributed by atoms with Gasteiger partial charge in [0.2, 0.25) is 5.82 Å². The van der Waals surface area contributed by atoms with Crippen molar-refractivity contribution in [1.29, 1.82) is 0 Å². The fourth-order valence-corrected chi connectivity index (χ4v) is 1.75. The van der Waals surface area contributed by atoms with Crippen molar-refractivity contribution >= 4 is 17.2 Å². The molecule has 3 heterocycles. The van der Waals surface area contributed by atoms with E-state index in [-0.39, 0.29) is 0 Å². The molecule has 0 N–H and O–H groups in total. The van der Waals surface area contributed by atoms with Crippen LogP contribution in [-0.4, -0.2) is 14.6 Å². The lowest BCUT2D eigenvalue weighted by Crippen LogP contribution is -1.88. The van der Waals surface area contributed by atoms with Gasteiger partial charge in [0.15, 0.2) is 16.6 Å². The summed E-state index contributed by atoms with van der Waals surface area (Å²) in [5.41, 5.74) is 1.92. The van der Waals surface area contributed by atoms with Gasteiger partial charge < -0.3 is 4.42 Å². The number of aromatic nitrogens is 3. The number of halogens is 1. The van der Waals surface area contributed by atoms with E-state index in [0.29, 0.717) is 16.8 Å². The summed E-state index contributed by atoms with van der Waals surface area (Å²) in [5, 5.41) is 8.48. The maximum atomic E-state index is 5.74. The van der Waals surface area contributed by atoms with Gasteiger partial charge in [0, 0.05) is 6.20 Å². The zero-order chi connectivity index (χ0) is 11.1. The number of furan rings is 1. The van der Waals surface area contributed by atoms with Crippen molar-refractivity contribution in [1.82, 2.24) is 14.6 Å². The van der Waals surface area contributed by atoms with E-state index in [2.05, 4.69) is 10.2 Å². The Morgan fingerprint density at radius 1 is 1.19 bits per heavy atom. The molecular formula is C11H8ClN3O. The molecule has 5 heteroatoms. The molecular weight excluding hydrogens is 226 g/mol. The molecule has 0 aliphatic heterocycles. The smallest absolute Gasteiger partial charge is 0.204 e. The maximum Gasteiger partial charge on any atom is 0.204 e. The largest absolute Gasteiger partial charge is 0.441 e. The molecule has 4 nitrogen and oxygen atoms in total. The van der Waals surface area contributed by atoms with E-state index in [9.17, 15) is 0 Å². The molecule has 3 aromatic heterocycles. The van der Waals surface area contributed by atoms with Gasteiger partial charge in [-0.25, -0.2) is 0 Å². The van der Waals surface area contributed by atoms with E-state index in [4.69, 9.17) is 16.0 Å². The van der Waals surface area contributed by atoms with Crippen LogP contribution in [0.2, 0.25) is 5.22 Å². The van der Waals surface area contributed by atoms with E-state index >= 15 is 0 Å². The molecule has 0 aliphatic carbocycles. The number of nitrogens with zero attached hydrogens (tertiary/aromatic N) is 3. The van der Waals surface area contributed by atoms with Crippen LogP contribution in [0.15, 0.2) is 34.9 Å². The Labute approximate surface area is 96.5 Å². The average Bonchev–Trinajstić information content (AvgIpc) is 2.83. The Morgan fingerprint density at radius 2 is 2.06 bits per heavy atom. The monoisotopic (exact) mass is 233 g/mol. The van der Waals surface area contributed by atoms with E-state index in [0.717, 1.165) is 11.2 Å². The Bertz CT molecular complexity index is 656. The molecule has 16 heavy (non-hydrogen) atoms. The summed E-state index contributed by atoms with van der Waals surface area (Å²) in [6.45, 7) is 2.01. The zero-order valence-corrected chi connectivity index (χ0v) is 9.27. The van der Waals surface area contributed by atoms with Gasteiger partial charge in [-0.1, -0.05) is 6.07 Å². The summed E-state index contributed by atoms with van der Waals surface area (Å²) in [6, 6.07) is 7.37. The average molecular weight is 234 g/mol. The summed E-state index contributed by atoms with van der Waals surface area (Å²) in [5.74, 6) is 1.27. The van der Waals surface area contributed by atoms with Crippen molar-refractivity contribution in [2.75, 3.05) is 0 Å². The van der Waals surface area contributed by atoms with Crippen molar-refractivity contribution in [3.63, 3.8) is 0 Å². The van der Waals surface area contributed by atoms with Crippen molar-refractivity contribution in [2.24, 2.45) is 0 Å². The first-order valence-corrected chi connectivity index (χ1v) is 5.19. The third kappa shape index (κ3) is 1.39. The molecule has 0 unspecified atom stereocenters. The molecule has 0 saturated carbocycles.